The number of aromatic nitrogens is 2. The van der Waals surface area contributed by atoms with Gasteiger partial charge in [0.15, 0.2) is 5.03 Å². The summed E-state index contributed by atoms with van der Waals surface area (Å²) in [5, 5.41) is -0.135. The molecule has 15 heavy (non-hydrogen) atoms. The molecule has 0 bridgehead atoms. The zero-order valence-corrected chi connectivity index (χ0v) is 10.6. The molecular formula is C8H10Cl2N2O2S. The van der Waals surface area contributed by atoms with E-state index in [4.69, 9.17) is 22.3 Å². The Hall–Kier alpha value is -0.520. The lowest BCUT2D eigenvalue weighted by Crippen LogP contribution is -1.99. The van der Waals surface area contributed by atoms with E-state index in [9.17, 15) is 8.42 Å². The Morgan fingerprint density at radius 1 is 1.67 bits per heavy atom. The molecule has 0 N–H and O–H groups in total. The number of imidazole rings is 1. The van der Waals surface area contributed by atoms with Crippen molar-refractivity contribution in [2.45, 2.75) is 25.4 Å². The molecular weight excluding hydrogens is 259 g/mol. The highest BCUT2D eigenvalue weighted by Gasteiger charge is 2.15. The van der Waals surface area contributed by atoms with Gasteiger partial charge >= 0.3 is 0 Å². The molecule has 84 valence electrons. The highest BCUT2D eigenvalue weighted by atomic mass is 35.7. The summed E-state index contributed by atoms with van der Waals surface area (Å²) in [5.74, 6) is 0.576. The minimum absolute atomic E-state index is 0.135. The Kier molecular flexibility index (Phi) is 3.81. The number of hydrogen-bond acceptors (Lipinski definition) is 3. The van der Waals surface area contributed by atoms with Gasteiger partial charge in [-0.15, -0.1) is 0 Å². The Labute approximate surface area is 97.9 Å². The molecule has 1 rings (SSSR count). The molecule has 0 saturated heterocycles. The number of aryl methyl sites for hydroxylation is 1. The predicted octanol–water partition coefficient (Wildman–Crippen LogP) is 2.26. The van der Waals surface area contributed by atoms with Crippen molar-refractivity contribution < 1.29 is 8.42 Å². The van der Waals surface area contributed by atoms with Crippen LogP contribution in [0.15, 0.2) is 22.3 Å². The number of halogens is 2. The molecule has 0 aliphatic carbocycles. The van der Waals surface area contributed by atoms with Gasteiger partial charge in [0.1, 0.15) is 5.82 Å². The summed E-state index contributed by atoms with van der Waals surface area (Å²) in [6.45, 7) is 4.03. The van der Waals surface area contributed by atoms with Crippen molar-refractivity contribution in [3.63, 3.8) is 0 Å². The van der Waals surface area contributed by atoms with Crippen LogP contribution in [-0.4, -0.2) is 18.0 Å². The number of nitrogens with zero attached hydrogens (tertiary/aromatic N) is 2. The van der Waals surface area contributed by atoms with E-state index in [1.54, 1.807) is 11.5 Å². The van der Waals surface area contributed by atoms with E-state index in [1.807, 2.05) is 6.92 Å². The first-order chi connectivity index (χ1) is 6.84. The fraction of sp³-hybridized carbons (Fsp3) is 0.375. The molecule has 1 heterocycles. The van der Waals surface area contributed by atoms with Crippen molar-refractivity contribution in [1.82, 2.24) is 9.55 Å². The standard InChI is InChI=1S/C8H10Cl2N2O2S/c1-6(3-9)4-12-5-8(11-7(12)2)15(10,13)14/h3,5H,4H2,1-2H3/b6-3-. The number of allylic oxidation sites excluding steroid dienone is 1. The molecule has 0 amide bonds. The maximum absolute atomic E-state index is 11.0. The van der Waals surface area contributed by atoms with Crippen LogP contribution in [0.2, 0.25) is 0 Å². The quantitative estimate of drug-likeness (QED) is 0.791. The molecule has 0 aliphatic heterocycles. The average molecular weight is 269 g/mol. The van der Waals surface area contributed by atoms with Gasteiger partial charge in [-0.3, -0.25) is 0 Å². The Morgan fingerprint density at radius 3 is 2.67 bits per heavy atom. The molecule has 0 aliphatic rings. The molecule has 1 aromatic heterocycles. The first kappa shape index (κ1) is 12.5. The van der Waals surface area contributed by atoms with Gasteiger partial charge in [0.25, 0.3) is 9.05 Å². The second-order valence-corrected chi connectivity index (χ2v) is 5.88. The molecule has 7 heteroatoms. The van der Waals surface area contributed by atoms with Crippen molar-refractivity contribution in [2.24, 2.45) is 0 Å². The smallest absolute Gasteiger partial charge is 0.280 e. The van der Waals surface area contributed by atoms with E-state index >= 15 is 0 Å². The van der Waals surface area contributed by atoms with Crippen LogP contribution in [0.5, 0.6) is 0 Å². The van der Waals surface area contributed by atoms with E-state index in [2.05, 4.69) is 4.98 Å². The molecule has 0 radical (unpaired) electrons. The summed E-state index contributed by atoms with van der Waals surface area (Å²) in [6.07, 6.45) is 1.39. The van der Waals surface area contributed by atoms with Crippen molar-refractivity contribution in [2.75, 3.05) is 0 Å². The summed E-state index contributed by atoms with van der Waals surface area (Å²) < 4.78 is 23.7. The monoisotopic (exact) mass is 268 g/mol. The largest absolute Gasteiger partial charge is 0.330 e. The van der Waals surface area contributed by atoms with Crippen molar-refractivity contribution >= 4 is 31.3 Å². The summed E-state index contributed by atoms with van der Waals surface area (Å²) in [6, 6.07) is 0. The molecule has 0 atom stereocenters. The van der Waals surface area contributed by atoms with Gasteiger partial charge in [-0.1, -0.05) is 11.6 Å². The SMILES string of the molecule is C/C(=C/Cl)Cn1cc(S(=O)(=O)Cl)nc1C. The topological polar surface area (TPSA) is 52.0 Å². The predicted molar refractivity (Wildman–Crippen MR) is 59.6 cm³/mol. The fourth-order valence-corrected chi connectivity index (χ4v) is 1.85. The van der Waals surface area contributed by atoms with Crippen LogP contribution < -0.4 is 0 Å². The molecule has 1 aromatic rings. The van der Waals surface area contributed by atoms with Crippen molar-refractivity contribution in [1.29, 1.82) is 0 Å². The zero-order chi connectivity index (χ0) is 11.6. The Morgan fingerprint density at radius 2 is 2.27 bits per heavy atom. The van der Waals surface area contributed by atoms with Crippen LogP contribution >= 0.6 is 22.3 Å². The van der Waals surface area contributed by atoms with Gasteiger partial charge in [-0.2, -0.15) is 0 Å². The zero-order valence-electron chi connectivity index (χ0n) is 8.24. The second-order valence-electron chi connectivity index (χ2n) is 3.15. The van der Waals surface area contributed by atoms with Gasteiger partial charge in [-0.05, 0) is 19.4 Å². The molecule has 0 fully saturated rings. The van der Waals surface area contributed by atoms with E-state index in [0.29, 0.717) is 12.4 Å². The van der Waals surface area contributed by atoms with Gasteiger partial charge in [-0.25, -0.2) is 13.4 Å². The summed E-state index contributed by atoms with van der Waals surface area (Å²) in [5.41, 5.74) is 2.34. The Balaban J connectivity index is 3.08. The lowest BCUT2D eigenvalue weighted by atomic mass is 10.3. The van der Waals surface area contributed by atoms with Crippen LogP contribution in [0.1, 0.15) is 12.7 Å². The fourth-order valence-electron chi connectivity index (χ4n) is 1.06. The van der Waals surface area contributed by atoms with Crippen LogP contribution in [0.25, 0.3) is 0 Å². The molecule has 0 aromatic carbocycles. The lowest BCUT2D eigenvalue weighted by molar-refractivity contribution is 0.606. The van der Waals surface area contributed by atoms with Crippen LogP contribution in [0.4, 0.5) is 0 Å². The normalized spacial score (nSPS) is 13.2. The number of hydrogen-bond donors (Lipinski definition) is 0. The summed E-state index contributed by atoms with van der Waals surface area (Å²) in [4.78, 5) is 3.84. The third-order valence-corrected chi connectivity index (χ3v) is 3.35. The van der Waals surface area contributed by atoms with Crippen LogP contribution in [0.3, 0.4) is 0 Å². The van der Waals surface area contributed by atoms with Crippen molar-refractivity contribution in [3.05, 3.63) is 23.1 Å². The van der Waals surface area contributed by atoms with Crippen LogP contribution in [-0.2, 0) is 15.6 Å². The summed E-state index contributed by atoms with van der Waals surface area (Å²) in [7, 11) is 1.41. The lowest BCUT2D eigenvalue weighted by Gasteiger charge is -2.02. The van der Waals surface area contributed by atoms with Gasteiger partial charge in [0.2, 0.25) is 0 Å². The maximum Gasteiger partial charge on any atom is 0.280 e. The molecule has 0 unspecified atom stereocenters. The first-order valence-corrected chi connectivity index (χ1v) is 6.83. The van der Waals surface area contributed by atoms with E-state index in [0.717, 1.165) is 5.57 Å². The minimum Gasteiger partial charge on any atom is -0.330 e. The average Bonchev–Trinajstić information content (AvgIpc) is 2.47. The van der Waals surface area contributed by atoms with E-state index in [1.165, 1.54) is 11.7 Å². The first-order valence-electron chi connectivity index (χ1n) is 4.09. The second kappa shape index (κ2) is 4.55. The van der Waals surface area contributed by atoms with Gasteiger partial charge in [0, 0.05) is 29.0 Å². The van der Waals surface area contributed by atoms with Crippen molar-refractivity contribution in [3.8, 4) is 0 Å². The minimum atomic E-state index is -3.76. The van der Waals surface area contributed by atoms with Gasteiger partial charge in [0.05, 0.1) is 0 Å². The molecule has 0 saturated carbocycles. The third kappa shape index (κ3) is 3.22. The highest BCUT2D eigenvalue weighted by molar-refractivity contribution is 8.13. The number of rotatable bonds is 3. The molecule has 4 nitrogen and oxygen atoms in total. The summed E-state index contributed by atoms with van der Waals surface area (Å²) >= 11 is 5.51. The maximum atomic E-state index is 11.0. The Bertz CT molecular complexity index is 491. The van der Waals surface area contributed by atoms with Gasteiger partial charge < -0.3 is 4.57 Å². The van der Waals surface area contributed by atoms with E-state index < -0.39 is 9.05 Å². The third-order valence-electron chi connectivity index (χ3n) is 1.81. The molecule has 0 spiro atoms. The van der Waals surface area contributed by atoms with E-state index in [-0.39, 0.29) is 5.03 Å². The highest BCUT2D eigenvalue weighted by Crippen LogP contribution is 2.15. The van der Waals surface area contributed by atoms with Crippen LogP contribution in [0, 0.1) is 6.92 Å².